The van der Waals surface area contributed by atoms with Crippen molar-refractivity contribution in [3.63, 3.8) is 0 Å². The maximum Gasteiger partial charge on any atom is 0.130 e. The van der Waals surface area contributed by atoms with Crippen molar-refractivity contribution in [3.8, 4) is 11.1 Å². The Morgan fingerprint density at radius 1 is 1.04 bits per heavy atom. The van der Waals surface area contributed by atoms with E-state index in [0.717, 1.165) is 30.4 Å². The molecule has 0 amide bonds. The molecule has 126 valence electrons. The van der Waals surface area contributed by atoms with Crippen molar-refractivity contribution in [1.82, 2.24) is 0 Å². The topological polar surface area (TPSA) is 0 Å². The molecule has 0 N–H and O–H groups in total. The first kappa shape index (κ1) is 16.6. The second-order valence-electron chi connectivity index (χ2n) is 7.55. The van der Waals surface area contributed by atoms with Crippen molar-refractivity contribution in [2.45, 2.75) is 45.3 Å². The zero-order valence-corrected chi connectivity index (χ0v) is 14.7. The number of hydrogen-bond donors (Lipinski definition) is 0. The number of benzene rings is 2. The lowest BCUT2D eigenvalue weighted by molar-refractivity contribution is 0.507. The van der Waals surface area contributed by atoms with Crippen LogP contribution in [0.4, 0.5) is 8.78 Å². The molecular formula is C22H21BF2. The molecule has 2 atom stereocenters. The van der Waals surface area contributed by atoms with Crippen molar-refractivity contribution < 1.29 is 8.78 Å². The lowest BCUT2D eigenvalue weighted by Crippen LogP contribution is -2.07. The molecule has 0 nitrogen and oxygen atoms in total. The summed E-state index contributed by atoms with van der Waals surface area (Å²) in [4.78, 5) is 0. The summed E-state index contributed by atoms with van der Waals surface area (Å²) in [6.45, 7) is 3.96. The summed E-state index contributed by atoms with van der Waals surface area (Å²) < 4.78 is 29.8. The minimum atomic E-state index is -0.731. The van der Waals surface area contributed by atoms with E-state index >= 15 is 4.39 Å². The molecule has 2 aliphatic rings. The monoisotopic (exact) mass is 334 g/mol. The van der Waals surface area contributed by atoms with Gasteiger partial charge in [-0.2, -0.15) is 0 Å². The molecule has 0 saturated heterocycles. The van der Waals surface area contributed by atoms with E-state index in [4.69, 9.17) is 7.85 Å². The minimum absolute atomic E-state index is 0.266. The first-order chi connectivity index (χ1) is 12.0. The van der Waals surface area contributed by atoms with Gasteiger partial charge in [-0.05, 0) is 77.7 Å². The fourth-order valence-electron chi connectivity index (χ4n) is 4.12. The molecule has 2 unspecified atom stereocenters. The average Bonchev–Trinajstić information content (AvgIpc) is 2.89. The first-order valence-corrected chi connectivity index (χ1v) is 9.01. The quantitative estimate of drug-likeness (QED) is 0.481. The highest BCUT2D eigenvalue weighted by Gasteiger charge is 2.32. The predicted octanol–water partition coefficient (Wildman–Crippen LogP) is 5.80. The second-order valence-corrected chi connectivity index (χ2v) is 7.55. The normalized spacial score (nSPS) is 21.7. The van der Waals surface area contributed by atoms with Gasteiger partial charge in [-0.1, -0.05) is 42.8 Å². The third-order valence-corrected chi connectivity index (χ3v) is 5.73. The van der Waals surface area contributed by atoms with Crippen LogP contribution in [0.3, 0.4) is 0 Å². The second kappa shape index (κ2) is 6.12. The Bertz CT molecular complexity index is 882. The molecular weight excluding hydrogens is 313 g/mol. The van der Waals surface area contributed by atoms with Gasteiger partial charge >= 0.3 is 0 Å². The van der Waals surface area contributed by atoms with Gasteiger partial charge in [-0.25, -0.2) is 8.78 Å². The highest BCUT2D eigenvalue weighted by atomic mass is 19.1. The third kappa shape index (κ3) is 2.65. The summed E-state index contributed by atoms with van der Waals surface area (Å²) in [5, 5.41) is 0. The number of allylic oxidation sites excluding steroid dienone is 2. The summed E-state index contributed by atoms with van der Waals surface area (Å²) in [7, 11) is 6.25. The number of hydrogen-bond acceptors (Lipinski definition) is 0. The summed E-state index contributed by atoms with van der Waals surface area (Å²) in [6.07, 6.45) is 6.12. The van der Waals surface area contributed by atoms with E-state index in [1.165, 1.54) is 5.57 Å². The highest BCUT2D eigenvalue weighted by Crippen LogP contribution is 2.47. The summed E-state index contributed by atoms with van der Waals surface area (Å²) in [5.74, 6) is -0.600. The van der Waals surface area contributed by atoms with E-state index in [2.05, 4.69) is 13.0 Å². The molecule has 0 aliphatic heterocycles. The van der Waals surface area contributed by atoms with Gasteiger partial charge in [0.15, 0.2) is 0 Å². The molecule has 25 heavy (non-hydrogen) atoms. The Balaban J connectivity index is 1.74. The van der Waals surface area contributed by atoms with Crippen LogP contribution in [0, 0.1) is 24.5 Å². The van der Waals surface area contributed by atoms with Crippen LogP contribution in [0.25, 0.3) is 11.1 Å². The first-order valence-electron chi connectivity index (χ1n) is 9.01. The van der Waals surface area contributed by atoms with Crippen LogP contribution in [0.15, 0.2) is 35.9 Å². The van der Waals surface area contributed by atoms with Gasteiger partial charge in [0.2, 0.25) is 0 Å². The van der Waals surface area contributed by atoms with Crippen molar-refractivity contribution >= 4 is 7.85 Å². The summed E-state index contributed by atoms with van der Waals surface area (Å²) in [6, 6.07) is 7.33. The SMILES string of the molecule is [B]C1c2c(ccc(C)c2F)-c2ccc(CC3=CCC(C)CC3)c(F)c21. The number of aryl methyl sites for hydroxylation is 1. The van der Waals surface area contributed by atoms with Crippen molar-refractivity contribution in [2.24, 2.45) is 5.92 Å². The number of halogens is 2. The standard InChI is InChI=1S/C22H21BF2/c1-12-3-6-14(7-4-12)11-15-8-10-17-16-9-5-13(2)21(24)18(16)20(23)19(17)22(15)25/h5-6,8-10,12,20H,3-4,7,11H2,1-2H3. The Morgan fingerprint density at radius 3 is 2.40 bits per heavy atom. The van der Waals surface area contributed by atoms with E-state index in [1.807, 2.05) is 18.2 Å². The molecule has 0 saturated carbocycles. The Kier molecular flexibility index (Phi) is 4.06. The smallest absolute Gasteiger partial charge is 0.130 e. The zero-order chi connectivity index (χ0) is 17.7. The summed E-state index contributed by atoms with van der Waals surface area (Å²) in [5.41, 5.74) is 4.83. The van der Waals surface area contributed by atoms with Gasteiger partial charge in [0.1, 0.15) is 11.6 Å². The largest absolute Gasteiger partial charge is 0.206 e. The number of fused-ring (bicyclic) bond motifs is 3. The van der Waals surface area contributed by atoms with Crippen molar-refractivity contribution in [1.29, 1.82) is 0 Å². The van der Waals surface area contributed by atoms with Crippen LogP contribution in [0.1, 0.15) is 54.3 Å². The van der Waals surface area contributed by atoms with Crippen LogP contribution in [0.2, 0.25) is 0 Å². The predicted molar refractivity (Wildman–Crippen MR) is 98.9 cm³/mol. The lowest BCUT2D eigenvalue weighted by Gasteiger charge is -2.19. The van der Waals surface area contributed by atoms with E-state index in [0.29, 0.717) is 34.6 Å². The molecule has 0 heterocycles. The fourth-order valence-corrected chi connectivity index (χ4v) is 4.12. The van der Waals surface area contributed by atoms with E-state index < -0.39 is 5.82 Å². The van der Waals surface area contributed by atoms with E-state index in [-0.39, 0.29) is 11.6 Å². The van der Waals surface area contributed by atoms with Crippen LogP contribution in [-0.4, -0.2) is 7.85 Å². The zero-order valence-electron chi connectivity index (χ0n) is 14.7. The Labute approximate surface area is 149 Å². The van der Waals surface area contributed by atoms with E-state index in [1.54, 1.807) is 13.0 Å². The van der Waals surface area contributed by atoms with Crippen molar-refractivity contribution in [2.75, 3.05) is 0 Å². The van der Waals surface area contributed by atoms with Crippen LogP contribution >= 0.6 is 0 Å². The van der Waals surface area contributed by atoms with Gasteiger partial charge < -0.3 is 0 Å². The molecule has 4 rings (SSSR count). The van der Waals surface area contributed by atoms with E-state index in [9.17, 15) is 4.39 Å². The molecule has 2 aliphatic carbocycles. The fraction of sp³-hybridized carbons (Fsp3) is 0.364. The maximum atomic E-state index is 15.2. The maximum absolute atomic E-state index is 15.2. The van der Waals surface area contributed by atoms with Gasteiger partial charge in [0, 0.05) is 0 Å². The average molecular weight is 334 g/mol. The molecule has 0 bridgehead atoms. The molecule has 2 radical (unpaired) electrons. The molecule has 3 heteroatoms. The molecule has 0 spiro atoms. The van der Waals surface area contributed by atoms with Crippen LogP contribution in [0.5, 0.6) is 0 Å². The highest BCUT2D eigenvalue weighted by molar-refractivity contribution is 6.17. The molecule has 0 aromatic heterocycles. The molecule has 2 aromatic rings. The van der Waals surface area contributed by atoms with Gasteiger partial charge in [-0.15, -0.1) is 0 Å². The summed E-state index contributed by atoms with van der Waals surface area (Å²) >= 11 is 0. The lowest BCUT2D eigenvalue weighted by atomic mass is 9.77. The van der Waals surface area contributed by atoms with Crippen LogP contribution < -0.4 is 0 Å². The third-order valence-electron chi connectivity index (χ3n) is 5.73. The molecule has 0 fully saturated rings. The van der Waals surface area contributed by atoms with Gasteiger partial charge in [0.25, 0.3) is 0 Å². The van der Waals surface area contributed by atoms with Gasteiger partial charge in [-0.3, -0.25) is 0 Å². The minimum Gasteiger partial charge on any atom is -0.206 e. The van der Waals surface area contributed by atoms with Gasteiger partial charge in [0.05, 0.1) is 7.85 Å². The Hall–Kier alpha value is -1.90. The van der Waals surface area contributed by atoms with Crippen LogP contribution in [-0.2, 0) is 6.42 Å². The Morgan fingerprint density at radius 2 is 1.72 bits per heavy atom. The van der Waals surface area contributed by atoms with Crippen molar-refractivity contribution in [3.05, 3.63) is 69.8 Å². The number of rotatable bonds is 2. The molecule has 2 aromatic carbocycles.